The molecule has 0 aliphatic rings. The van der Waals surface area contributed by atoms with Crippen molar-refractivity contribution in [1.82, 2.24) is 16.2 Å². The number of halogens is 1. The molecule has 2 rings (SSSR count). The molecule has 0 fully saturated rings. The van der Waals surface area contributed by atoms with Gasteiger partial charge >= 0.3 is 0 Å². The Bertz CT molecular complexity index is 1050. The van der Waals surface area contributed by atoms with Crippen LogP contribution in [0.1, 0.15) is 15.9 Å². The van der Waals surface area contributed by atoms with Gasteiger partial charge in [0.05, 0.1) is 21.5 Å². The number of nitrogens with zero attached hydrogens (tertiary/aromatic N) is 2. The Labute approximate surface area is 188 Å². The number of ether oxygens (including phenoxy) is 1. The van der Waals surface area contributed by atoms with Gasteiger partial charge in [0.15, 0.2) is 11.7 Å². The summed E-state index contributed by atoms with van der Waals surface area (Å²) in [7, 11) is 0. The maximum Gasteiger partial charge on any atom is 0.277 e. The molecule has 0 unspecified atom stereocenters. The number of amides is 2. The molecular weight excluding hydrogens is 498 g/mol. The van der Waals surface area contributed by atoms with Crippen molar-refractivity contribution < 1.29 is 24.2 Å². The molecule has 3 N–H and O–H groups in total. The number of nitrogens with one attached hydrogen (secondary N) is 3. The number of nitro benzene ring substituents is 2. The van der Waals surface area contributed by atoms with Crippen molar-refractivity contribution in [2.75, 3.05) is 6.61 Å². The van der Waals surface area contributed by atoms with E-state index in [0.29, 0.717) is 5.75 Å². The Balaban J connectivity index is 1.89. The van der Waals surface area contributed by atoms with Crippen LogP contribution in [0.25, 0.3) is 0 Å². The first-order valence-electron chi connectivity index (χ1n) is 8.30. The topological polar surface area (TPSA) is 166 Å². The van der Waals surface area contributed by atoms with Crippen LogP contribution in [0.15, 0.2) is 40.9 Å². The first-order valence-corrected chi connectivity index (χ1v) is 9.50. The molecule has 0 spiro atoms. The van der Waals surface area contributed by atoms with Gasteiger partial charge in [0.25, 0.3) is 23.2 Å². The minimum absolute atomic E-state index is 0.341. The lowest BCUT2D eigenvalue weighted by Crippen LogP contribution is -2.49. The molecule has 2 aromatic rings. The molecule has 12 nitrogen and oxygen atoms in total. The molecule has 0 saturated carbocycles. The standard InChI is InChI=1S/C17H14BrN5O7S/c1-9-4-13(2-3-14(9)18)30-8-15(24)20-21-17(31)19-16(25)10-5-11(22(26)27)7-12(6-10)23(28)29/h2-7H,8H2,1H3,(H,20,24)(H2,19,21,25,31). The molecule has 0 heterocycles. The molecule has 31 heavy (non-hydrogen) atoms. The van der Waals surface area contributed by atoms with Crippen LogP contribution in [-0.4, -0.2) is 33.4 Å². The third kappa shape index (κ3) is 6.97. The first kappa shape index (κ1) is 23.6. The van der Waals surface area contributed by atoms with Crippen LogP contribution in [0.4, 0.5) is 11.4 Å². The zero-order chi connectivity index (χ0) is 23.1. The molecule has 0 aliphatic heterocycles. The van der Waals surface area contributed by atoms with Gasteiger partial charge in [-0.3, -0.25) is 46.0 Å². The first-order chi connectivity index (χ1) is 14.6. The zero-order valence-corrected chi connectivity index (χ0v) is 18.1. The average Bonchev–Trinajstić information content (AvgIpc) is 2.72. The molecular formula is C17H14BrN5O7S. The van der Waals surface area contributed by atoms with Gasteiger partial charge in [-0.15, -0.1) is 0 Å². The van der Waals surface area contributed by atoms with Gasteiger partial charge in [-0.25, -0.2) is 0 Å². The number of carbonyl (C=O) groups excluding carboxylic acids is 2. The van der Waals surface area contributed by atoms with Crippen LogP contribution in [0.2, 0.25) is 0 Å². The van der Waals surface area contributed by atoms with Gasteiger partial charge in [0.2, 0.25) is 0 Å². The average molecular weight is 512 g/mol. The third-order valence-electron chi connectivity index (χ3n) is 3.63. The second-order valence-electron chi connectivity index (χ2n) is 5.91. The number of nitro groups is 2. The minimum atomic E-state index is -0.944. The van der Waals surface area contributed by atoms with Crippen molar-refractivity contribution >= 4 is 56.4 Å². The van der Waals surface area contributed by atoms with E-state index in [4.69, 9.17) is 17.0 Å². The smallest absolute Gasteiger partial charge is 0.277 e. The van der Waals surface area contributed by atoms with E-state index < -0.39 is 33.0 Å². The summed E-state index contributed by atoms with van der Waals surface area (Å²) in [6.45, 7) is 1.51. The lowest BCUT2D eigenvalue weighted by atomic mass is 10.1. The summed E-state index contributed by atoms with van der Waals surface area (Å²) < 4.78 is 6.22. The molecule has 14 heteroatoms. The number of thiocarbonyl (C=S) groups is 1. The van der Waals surface area contributed by atoms with Crippen molar-refractivity contribution in [2.24, 2.45) is 0 Å². The number of non-ortho nitro benzene ring substituents is 2. The van der Waals surface area contributed by atoms with E-state index >= 15 is 0 Å². The van der Waals surface area contributed by atoms with Crippen molar-refractivity contribution in [3.8, 4) is 5.75 Å². The Morgan fingerprint density at radius 3 is 2.23 bits per heavy atom. The molecule has 0 atom stereocenters. The summed E-state index contributed by atoms with van der Waals surface area (Å²) in [6, 6.07) is 7.61. The summed E-state index contributed by atoms with van der Waals surface area (Å²) >= 11 is 8.20. The number of rotatable bonds is 6. The van der Waals surface area contributed by atoms with Gasteiger partial charge in [0.1, 0.15) is 5.75 Å². The third-order valence-corrected chi connectivity index (χ3v) is 4.72. The Kier molecular flexibility index (Phi) is 7.93. The van der Waals surface area contributed by atoms with E-state index in [1.807, 2.05) is 6.92 Å². The Morgan fingerprint density at radius 1 is 1.06 bits per heavy atom. The Morgan fingerprint density at radius 2 is 1.68 bits per heavy atom. The van der Waals surface area contributed by atoms with Gasteiger partial charge in [-0.1, -0.05) is 15.9 Å². The quantitative estimate of drug-likeness (QED) is 0.299. The normalized spacial score (nSPS) is 10.0. The van der Waals surface area contributed by atoms with Crippen LogP contribution in [0, 0.1) is 27.2 Å². The summed E-state index contributed by atoms with van der Waals surface area (Å²) in [4.78, 5) is 44.1. The monoisotopic (exact) mass is 511 g/mol. The second kappa shape index (κ2) is 10.4. The maximum atomic E-state index is 12.2. The maximum absolute atomic E-state index is 12.2. The van der Waals surface area contributed by atoms with Gasteiger partial charge in [0, 0.05) is 16.6 Å². The Hall–Kier alpha value is -3.65. The van der Waals surface area contributed by atoms with E-state index in [2.05, 4.69) is 32.1 Å². The van der Waals surface area contributed by atoms with Crippen LogP contribution in [0.5, 0.6) is 5.75 Å². The highest BCUT2D eigenvalue weighted by Crippen LogP contribution is 2.23. The number of aryl methyl sites for hydroxylation is 1. The van der Waals surface area contributed by atoms with Crippen LogP contribution < -0.4 is 20.9 Å². The molecule has 0 bridgehead atoms. The van der Waals surface area contributed by atoms with Crippen LogP contribution >= 0.6 is 28.1 Å². The van der Waals surface area contributed by atoms with E-state index in [9.17, 15) is 29.8 Å². The van der Waals surface area contributed by atoms with E-state index in [1.54, 1.807) is 18.2 Å². The fraction of sp³-hybridized carbons (Fsp3) is 0.118. The van der Waals surface area contributed by atoms with E-state index in [0.717, 1.165) is 28.2 Å². The molecule has 2 amide bonds. The number of hydrazine groups is 1. The fourth-order valence-corrected chi connectivity index (χ4v) is 2.55. The molecule has 2 aromatic carbocycles. The lowest BCUT2D eigenvalue weighted by molar-refractivity contribution is -0.394. The van der Waals surface area contributed by atoms with Crippen molar-refractivity contribution in [3.05, 3.63) is 72.2 Å². The fourth-order valence-electron chi connectivity index (χ4n) is 2.16. The molecule has 0 aromatic heterocycles. The molecule has 0 radical (unpaired) electrons. The lowest BCUT2D eigenvalue weighted by Gasteiger charge is -2.12. The van der Waals surface area contributed by atoms with Crippen LogP contribution in [-0.2, 0) is 4.79 Å². The van der Waals surface area contributed by atoms with Gasteiger partial charge < -0.3 is 4.74 Å². The largest absolute Gasteiger partial charge is 0.484 e. The number of hydrogen-bond acceptors (Lipinski definition) is 8. The highest BCUT2D eigenvalue weighted by Gasteiger charge is 2.20. The predicted octanol–water partition coefficient (Wildman–Crippen LogP) is 2.29. The van der Waals surface area contributed by atoms with Crippen molar-refractivity contribution in [3.63, 3.8) is 0 Å². The predicted molar refractivity (Wildman–Crippen MR) is 115 cm³/mol. The van der Waals surface area contributed by atoms with E-state index in [1.165, 1.54) is 0 Å². The van der Waals surface area contributed by atoms with Crippen LogP contribution in [0.3, 0.4) is 0 Å². The summed E-state index contributed by atoms with van der Waals surface area (Å²) in [5.74, 6) is -1.08. The number of hydrogen-bond donors (Lipinski definition) is 3. The highest BCUT2D eigenvalue weighted by molar-refractivity contribution is 9.10. The minimum Gasteiger partial charge on any atom is -0.484 e. The van der Waals surface area contributed by atoms with Gasteiger partial charge in [-0.2, -0.15) is 0 Å². The number of benzene rings is 2. The van der Waals surface area contributed by atoms with E-state index in [-0.39, 0.29) is 17.3 Å². The summed E-state index contributed by atoms with van der Waals surface area (Å²) in [6.07, 6.45) is 0. The molecule has 0 aliphatic carbocycles. The van der Waals surface area contributed by atoms with Crippen molar-refractivity contribution in [2.45, 2.75) is 6.92 Å². The van der Waals surface area contributed by atoms with Crippen molar-refractivity contribution in [1.29, 1.82) is 0 Å². The zero-order valence-electron chi connectivity index (χ0n) is 15.7. The van der Waals surface area contributed by atoms with Gasteiger partial charge in [-0.05, 0) is 42.9 Å². The summed E-state index contributed by atoms with van der Waals surface area (Å²) in [5, 5.41) is 23.6. The molecule has 0 saturated heterocycles. The number of carbonyl (C=O) groups is 2. The molecule has 162 valence electrons. The highest BCUT2D eigenvalue weighted by atomic mass is 79.9. The second-order valence-corrected chi connectivity index (χ2v) is 7.17. The SMILES string of the molecule is Cc1cc(OCC(=O)NNC(=S)NC(=O)c2cc([N+](=O)[O-])cc([N+](=O)[O-])c2)ccc1Br. The summed E-state index contributed by atoms with van der Waals surface area (Å²) in [5.41, 5.74) is 3.76.